The smallest absolute Gasteiger partial charge is 0.282 e. The molecule has 0 saturated carbocycles. The number of hydrogen-bond acceptors (Lipinski definition) is 3. The highest BCUT2D eigenvalue weighted by Gasteiger charge is 2.37. The first-order chi connectivity index (χ1) is 8.41. The van der Waals surface area contributed by atoms with Crippen LogP contribution in [0.4, 0.5) is 0 Å². The normalized spacial score (nSPS) is 36.7. The number of piperidine rings is 1. The van der Waals surface area contributed by atoms with E-state index >= 15 is 0 Å². The van der Waals surface area contributed by atoms with Gasteiger partial charge in [-0.15, -0.1) is 0 Å². The molecule has 0 aromatic rings. The molecule has 0 spiro atoms. The second-order valence-corrected chi connectivity index (χ2v) is 7.82. The quantitative estimate of drug-likeness (QED) is 0.798. The molecule has 2 fully saturated rings. The topological polar surface area (TPSA) is 52.7 Å². The summed E-state index contributed by atoms with van der Waals surface area (Å²) in [6, 6.07) is 0.0521. The van der Waals surface area contributed by atoms with Gasteiger partial charge in [-0.2, -0.15) is 17.0 Å². The van der Waals surface area contributed by atoms with E-state index in [4.69, 9.17) is 0 Å². The number of nitrogens with one attached hydrogen (secondary N) is 1. The van der Waals surface area contributed by atoms with Crippen LogP contribution in [-0.2, 0) is 10.2 Å². The van der Waals surface area contributed by atoms with Crippen LogP contribution in [0.2, 0.25) is 0 Å². The minimum atomic E-state index is -3.27. The second kappa shape index (κ2) is 5.45. The first kappa shape index (κ1) is 14.2. The Morgan fingerprint density at radius 2 is 1.72 bits per heavy atom. The molecule has 0 bridgehead atoms. The van der Waals surface area contributed by atoms with E-state index in [1.807, 2.05) is 6.92 Å². The standard InChI is InChI=1S/C12H25N3O2S/c1-10-6-11(2)9-14(8-10)18(16,17)15-5-4-13-7-12(15)3/h10-13H,4-9H2,1-3H3. The zero-order valence-electron chi connectivity index (χ0n) is 11.6. The minimum absolute atomic E-state index is 0.0521. The molecule has 5 nitrogen and oxygen atoms in total. The minimum Gasteiger partial charge on any atom is -0.314 e. The largest absolute Gasteiger partial charge is 0.314 e. The molecule has 1 N–H and O–H groups in total. The zero-order chi connectivity index (χ0) is 13.3. The Hall–Kier alpha value is -0.170. The van der Waals surface area contributed by atoms with E-state index in [2.05, 4.69) is 19.2 Å². The summed E-state index contributed by atoms with van der Waals surface area (Å²) in [5.74, 6) is 0.920. The van der Waals surface area contributed by atoms with E-state index < -0.39 is 10.2 Å². The van der Waals surface area contributed by atoms with Crippen LogP contribution in [-0.4, -0.2) is 55.8 Å². The fraction of sp³-hybridized carbons (Fsp3) is 1.00. The van der Waals surface area contributed by atoms with Crippen LogP contribution in [0.1, 0.15) is 27.2 Å². The Bertz CT molecular complexity index is 375. The maximum absolute atomic E-state index is 12.7. The van der Waals surface area contributed by atoms with Gasteiger partial charge >= 0.3 is 0 Å². The summed E-state index contributed by atoms with van der Waals surface area (Å²) in [7, 11) is -3.27. The van der Waals surface area contributed by atoms with E-state index in [0.29, 0.717) is 31.5 Å². The third-order valence-electron chi connectivity index (χ3n) is 3.90. The molecule has 2 aliphatic rings. The SMILES string of the molecule is CC1CC(C)CN(S(=O)(=O)N2CCNCC2C)C1. The van der Waals surface area contributed by atoms with Gasteiger partial charge in [0.1, 0.15) is 0 Å². The van der Waals surface area contributed by atoms with Crippen LogP contribution in [0, 0.1) is 11.8 Å². The van der Waals surface area contributed by atoms with Crippen molar-refractivity contribution in [2.45, 2.75) is 33.2 Å². The van der Waals surface area contributed by atoms with Crippen molar-refractivity contribution in [1.29, 1.82) is 0 Å². The molecule has 2 rings (SSSR count). The number of nitrogens with zero attached hydrogens (tertiary/aromatic N) is 2. The lowest BCUT2D eigenvalue weighted by molar-refractivity contribution is 0.194. The molecule has 2 heterocycles. The zero-order valence-corrected chi connectivity index (χ0v) is 12.4. The van der Waals surface area contributed by atoms with Crippen LogP contribution in [0.5, 0.6) is 0 Å². The summed E-state index contributed by atoms with van der Waals surface area (Å²) in [5, 5.41) is 3.23. The van der Waals surface area contributed by atoms with Gasteiger partial charge in [-0.05, 0) is 25.2 Å². The number of hydrogen-bond donors (Lipinski definition) is 1. The Morgan fingerprint density at radius 1 is 1.11 bits per heavy atom. The van der Waals surface area contributed by atoms with Gasteiger partial charge in [-0.25, -0.2) is 0 Å². The van der Waals surface area contributed by atoms with Crippen molar-refractivity contribution in [3.63, 3.8) is 0 Å². The molecule has 0 aromatic carbocycles. The molecule has 0 radical (unpaired) electrons. The Labute approximate surface area is 111 Å². The molecule has 106 valence electrons. The van der Waals surface area contributed by atoms with Crippen LogP contribution in [0.15, 0.2) is 0 Å². The van der Waals surface area contributed by atoms with Crippen LogP contribution >= 0.6 is 0 Å². The highest BCUT2D eigenvalue weighted by molar-refractivity contribution is 7.86. The van der Waals surface area contributed by atoms with Gasteiger partial charge in [-0.1, -0.05) is 13.8 Å². The first-order valence-corrected chi connectivity index (χ1v) is 8.28. The summed E-state index contributed by atoms with van der Waals surface area (Å²) in [5.41, 5.74) is 0. The van der Waals surface area contributed by atoms with Gasteiger partial charge < -0.3 is 5.32 Å². The fourth-order valence-electron chi connectivity index (χ4n) is 3.11. The van der Waals surface area contributed by atoms with Crippen molar-refractivity contribution in [2.75, 3.05) is 32.7 Å². The molecule has 0 aromatic heterocycles. The lowest BCUT2D eigenvalue weighted by Gasteiger charge is -2.40. The summed E-state index contributed by atoms with van der Waals surface area (Å²) in [4.78, 5) is 0. The summed E-state index contributed by atoms with van der Waals surface area (Å²) in [6.45, 7) is 9.68. The monoisotopic (exact) mass is 275 g/mol. The summed E-state index contributed by atoms with van der Waals surface area (Å²) < 4.78 is 28.7. The van der Waals surface area contributed by atoms with Crippen molar-refractivity contribution in [3.8, 4) is 0 Å². The average Bonchev–Trinajstić information content (AvgIpc) is 2.28. The molecule has 18 heavy (non-hydrogen) atoms. The predicted molar refractivity (Wildman–Crippen MR) is 72.5 cm³/mol. The van der Waals surface area contributed by atoms with Crippen molar-refractivity contribution in [2.24, 2.45) is 11.8 Å². The van der Waals surface area contributed by atoms with E-state index in [1.165, 1.54) is 0 Å². The maximum Gasteiger partial charge on any atom is 0.282 e. The maximum atomic E-state index is 12.7. The predicted octanol–water partition coefficient (Wildman–Crippen LogP) is 0.503. The lowest BCUT2D eigenvalue weighted by atomic mass is 9.94. The molecule has 3 atom stereocenters. The van der Waals surface area contributed by atoms with E-state index in [9.17, 15) is 8.42 Å². The molecule has 0 amide bonds. The molecular formula is C12H25N3O2S. The van der Waals surface area contributed by atoms with Crippen molar-refractivity contribution in [1.82, 2.24) is 13.9 Å². The Kier molecular flexibility index (Phi) is 4.31. The van der Waals surface area contributed by atoms with Gasteiger partial charge in [0.05, 0.1) is 0 Å². The molecule has 3 unspecified atom stereocenters. The average molecular weight is 275 g/mol. The van der Waals surface area contributed by atoms with Crippen LogP contribution in [0.3, 0.4) is 0 Å². The summed E-state index contributed by atoms with van der Waals surface area (Å²) >= 11 is 0. The third-order valence-corrected chi connectivity index (χ3v) is 5.98. The molecular weight excluding hydrogens is 250 g/mol. The second-order valence-electron chi connectivity index (χ2n) is 5.93. The van der Waals surface area contributed by atoms with Gasteiger partial charge in [0.15, 0.2) is 0 Å². The Balaban J connectivity index is 2.14. The summed E-state index contributed by atoms with van der Waals surface area (Å²) in [6.07, 6.45) is 1.13. The molecule has 2 aliphatic heterocycles. The van der Waals surface area contributed by atoms with E-state index in [1.54, 1.807) is 8.61 Å². The van der Waals surface area contributed by atoms with Gasteiger partial charge in [0.2, 0.25) is 0 Å². The number of rotatable bonds is 2. The van der Waals surface area contributed by atoms with Crippen molar-refractivity contribution in [3.05, 3.63) is 0 Å². The van der Waals surface area contributed by atoms with Crippen molar-refractivity contribution >= 4 is 10.2 Å². The molecule has 0 aliphatic carbocycles. The van der Waals surface area contributed by atoms with E-state index in [0.717, 1.165) is 19.5 Å². The highest BCUT2D eigenvalue weighted by atomic mass is 32.2. The van der Waals surface area contributed by atoms with Gasteiger partial charge in [0, 0.05) is 38.8 Å². The fourth-order valence-corrected chi connectivity index (χ4v) is 5.14. The molecule has 2 saturated heterocycles. The van der Waals surface area contributed by atoms with E-state index in [-0.39, 0.29) is 6.04 Å². The number of piperazine rings is 1. The third kappa shape index (κ3) is 2.87. The van der Waals surface area contributed by atoms with Crippen molar-refractivity contribution < 1.29 is 8.42 Å². The highest BCUT2D eigenvalue weighted by Crippen LogP contribution is 2.25. The van der Waals surface area contributed by atoms with Crippen LogP contribution in [0.25, 0.3) is 0 Å². The van der Waals surface area contributed by atoms with Gasteiger partial charge in [0.25, 0.3) is 10.2 Å². The van der Waals surface area contributed by atoms with Gasteiger partial charge in [-0.3, -0.25) is 0 Å². The molecule has 6 heteroatoms. The Morgan fingerprint density at radius 3 is 2.28 bits per heavy atom. The lowest BCUT2D eigenvalue weighted by Crippen LogP contribution is -2.58. The van der Waals surface area contributed by atoms with Crippen LogP contribution < -0.4 is 5.32 Å². The first-order valence-electron chi connectivity index (χ1n) is 6.89.